The number of esters is 3. The minimum absolute atomic E-state index is 0.0700. The van der Waals surface area contributed by atoms with Gasteiger partial charge in [0.15, 0.2) is 6.10 Å². The maximum absolute atomic E-state index is 12.7. The lowest BCUT2D eigenvalue weighted by Gasteiger charge is -2.18. The summed E-state index contributed by atoms with van der Waals surface area (Å²) < 4.78 is 16.7. The Morgan fingerprint density at radius 1 is 0.396 bits per heavy atom. The van der Waals surface area contributed by atoms with Gasteiger partial charge in [-0.05, 0) is 44.9 Å². The molecule has 6 heteroatoms. The fourth-order valence-corrected chi connectivity index (χ4v) is 6.54. The number of unbranched alkanes of at least 4 members (excludes halogenated alkanes) is 26. The van der Waals surface area contributed by atoms with E-state index < -0.39 is 6.10 Å². The molecule has 1 unspecified atom stereocenters. The van der Waals surface area contributed by atoms with Crippen molar-refractivity contribution in [3.8, 4) is 0 Å². The molecule has 0 aromatic heterocycles. The number of allylic oxidation sites excluding steroid dienone is 4. The second-order valence-electron chi connectivity index (χ2n) is 15.3. The minimum atomic E-state index is -0.765. The molecule has 0 aliphatic carbocycles. The molecule has 0 amide bonds. The molecule has 0 saturated heterocycles. The lowest BCUT2D eigenvalue weighted by Crippen LogP contribution is -2.30. The van der Waals surface area contributed by atoms with Gasteiger partial charge in [0.1, 0.15) is 13.2 Å². The molecule has 53 heavy (non-hydrogen) atoms. The van der Waals surface area contributed by atoms with Crippen molar-refractivity contribution in [2.45, 2.75) is 245 Å². The lowest BCUT2D eigenvalue weighted by atomic mass is 10.0. The zero-order valence-corrected chi connectivity index (χ0v) is 35.3. The zero-order chi connectivity index (χ0) is 38.7. The molecular formula is C47H86O6. The summed E-state index contributed by atoms with van der Waals surface area (Å²) in [6, 6.07) is 0. The molecule has 6 nitrogen and oxygen atoms in total. The van der Waals surface area contributed by atoms with Crippen molar-refractivity contribution < 1.29 is 28.6 Å². The van der Waals surface area contributed by atoms with Gasteiger partial charge in [0.2, 0.25) is 0 Å². The van der Waals surface area contributed by atoms with Crippen LogP contribution < -0.4 is 0 Å². The topological polar surface area (TPSA) is 78.9 Å². The molecule has 0 bridgehead atoms. The van der Waals surface area contributed by atoms with Crippen molar-refractivity contribution in [3.63, 3.8) is 0 Å². The Kier molecular flexibility index (Phi) is 40.9. The van der Waals surface area contributed by atoms with E-state index in [2.05, 4.69) is 45.1 Å². The van der Waals surface area contributed by atoms with Gasteiger partial charge in [0, 0.05) is 19.3 Å². The SMILES string of the molecule is CC/C=C\C/C=C\CCCCCCCCCC(=O)OCC(COC(=O)CCCCCCCCCCC)OC(=O)CCCCCCCCCCCCCC. The summed E-state index contributed by atoms with van der Waals surface area (Å²) in [5.41, 5.74) is 0. The van der Waals surface area contributed by atoms with E-state index >= 15 is 0 Å². The van der Waals surface area contributed by atoms with Crippen LogP contribution in [0.1, 0.15) is 239 Å². The van der Waals surface area contributed by atoms with E-state index in [1.165, 1.54) is 122 Å². The summed E-state index contributed by atoms with van der Waals surface area (Å²) >= 11 is 0. The van der Waals surface area contributed by atoms with Gasteiger partial charge < -0.3 is 14.2 Å². The third kappa shape index (κ3) is 40.9. The van der Waals surface area contributed by atoms with E-state index in [9.17, 15) is 14.4 Å². The van der Waals surface area contributed by atoms with Gasteiger partial charge in [-0.15, -0.1) is 0 Å². The van der Waals surface area contributed by atoms with Gasteiger partial charge in [-0.25, -0.2) is 0 Å². The Labute approximate surface area is 328 Å². The van der Waals surface area contributed by atoms with Gasteiger partial charge in [-0.2, -0.15) is 0 Å². The molecule has 0 heterocycles. The fourth-order valence-electron chi connectivity index (χ4n) is 6.54. The number of carbonyl (C=O) groups excluding carboxylic acids is 3. The first kappa shape index (κ1) is 50.9. The first-order valence-electron chi connectivity index (χ1n) is 22.8. The van der Waals surface area contributed by atoms with Gasteiger partial charge >= 0.3 is 17.9 Å². The molecule has 0 aliphatic heterocycles. The van der Waals surface area contributed by atoms with Crippen LogP contribution in [0.2, 0.25) is 0 Å². The summed E-state index contributed by atoms with van der Waals surface area (Å²) in [4.78, 5) is 37.7. The molecule has 0 spiro atoms. The summed E-state index contributed by atoms with van der Waals surface area (Å²) in [5, 5.41) is 0. The molecule has 0 aromatic carbocycles. The van der Waals surface area contributed by atoms with Crippen LogP contribution in [0.5, 0.6) is 0 Å². The number of rotatable bonds is 41. The zero-order valence-electron chi connectivity index (χ0n) is 35.3. The van der Waals surface area contributed by atoms with E-state index in [4.69, 9.17) is 14.2 Å². The monoisotopic (exact) mass is 747 g/mol. The summed E-state index contributed by atoms with van der Waals surface area (Å²) in [5.74, 6) is -0.876. The predicted molar refractivity (Wildman–Crippen MR) is 224 cm³/mol. The van der Waals surface area contributed by atoms with Crippen LogP contribution in [0.15, 0.2) is 24.3 Å². The lowest BCUT2D eigenvalue weighted by molar-refractivity contribution is -0.167. The van der Waals surface area contributed by atoms with E-state index in [0.29, 0.717) is 19.3 Å². The van der Waals surface area contributed by atoms with Gasteiger partial charge in [0.25, 0.3) is 0 Å². The van der Waals surface area contributed by atoms with Crippen LogP contribution in [-0.4, -0.2) is 37.2 Å². The molecule has 0 saturated carbocycles. The van der Waals surface area contributed by atoms with Crippen molar-refractivity contribution in [3.05, 3.63) is 24.3 Å². The Balaban J connectivity index is 4.33. The third-order valence-electron chi connectivity index (χ3n) is 9.97. The average molecular weight is 747 g/mol. The Bertz CT molecular complexity index is 865. The second kappa shape index (κ2) is 42.6. The minimum Gasteiger partial charge on any atom is -0.462 e. The Morgan fingerprint density at radius 3 is 1.13 bits per heavy atom. The van der Waals surface area contributed by atoms with Crippen LogP contribution in [-0.2, 0) is 28.6 Å². The standard InChI is InChI=1S/C47H86O6/c1-4-7-10-13-16-19-21-23-24-26-28-31-34-37-40-46(49)52-43-44(42-51-45(48)39-36-33-30-27-18-15-12-9-6-3)53-47(50)41-38-35-32-29-25-22-20-17-14-11-8-5-2/h7,10,16,19,44H,4-6,8-9,11-15,17-18,20-43H2,1-3H3/b10-7-,19-16-. The number of hydrogen-bond donors (Lipinski definition) is 0. The van der Waals surface area contributed by atoms with Crippen molar-refractivity contribution in [2.24, 2.45) is 0 Å². The van der Waals surface area contributed by atoms with Crippen LogP contribution in [0.3, 0.4) is 0 Å². The maximum Gasteiger partial charge on any atom is 0.306 e. The van der Waals surface area contributed by atoms with Crippen LogP contribution in [0.4, 0.5) is 0 Å². The highest BCUT2D eigenvalue weighted by molar-refractivity contribution is 5.71. The van der Waals surface area contributed by atoms with Crippen LogP contribution in [0.25, 0.3) is 0 Å². The summed E-state index contributed by atoms with van der Waals surface area (Å²) in [7, 11) is 0. The molecular weight excluding hydrogens is 661 g/mol. The fraction of sp³-hybridized carbons (Fsp3) is 0.851. The molecule has 0 radical (unpaired) electrons. The molecule has 0 N–H and O–H groups in total. The normalized spacial score (nSPS) is 12.1. The summed E-state index contributed by atoms with van der Waals surface area (Å²) in [6.07, 6.45) is 45.9. The smallest absolute Gasteiger partial charge is 0.306 e. The van der Waals surface area contributed by atoms with Crippen molar-refractivity contribution in [1.82, 2.24) is 0 Å². The number of ether oxygens (including phenoxy) is 3. The van der Waals surface area contributed by atoms with Crippen molar-refractivity contribution in [2.75, 3.05) is 13.2 Å². The van der Waals surface area contributed by atoms with Crippen molar-refractivity contribution in [1.29, 1.82) is 0 Å². The third-order valence-corrected chi connectivity index (χ3v) is 9.97. The highest BCUT2D eigenvalue weighted by Crippen LogP contribution is 2.15. The maximum atomic E-state index is 12.7. The van der Waals surface area contributed by atoms with Gasteiger partial charge in [-0.1, -0.05) is 199 Å². The van der Waals surface area contributed by atoms with Crippen LogP contribution >= 0.6 is 0 Å². The van der Waals surface area contributed by atoms with Crippen LogP contribution in [0, 0.1) is 0 Å². The molecule has 0 fully saturated rings. The van der Waals surface area contributed by atoms with Gasteiger partial charge in [-0.3, -0.25) is 14.4 Å². The molecule has 1 atom stereocenters. The molecule has 0 rings (SSSR count). The number of carbonyl (C=O) groups is 3. The molecule has 0 aliphatic rings. The van der Waals surface area contributed by atoms with E-state index in [1.54, 1.807) is 0 Å². The summed E-state index contributed by atoms with van der Waals surface area (Å²) in [6.45, 7) is 6.51. The highest BCUT2D eigenvalue weighted by atomic mass is 16.6. The Morgan fingerprint density at radius 2 is 0.736 bits per heavy atom. The average Bonchev–Trinajstić information content (AvgIpc) is 3.15. The predicted octanol–water partition coefficient (Wildman–Crippen LogP) is 14.4. The van der Waals surface area contributed by atoms with E-state index in [1.807, 2.05) is 0 Å². The van der Waals surface area contributed by atoms with E-state index in [-0.39, 0.29) is 31.1 Å². The first-order chi connectivity index (χ1) is 26.0. The Hall–Kier alpha value is -2.11. The van der Waals surface area contributed by atoms with Gasteiger partial charge in [0.05, 0.1) is 0 Å². The highest BCUT2D eigenvalue weighted by Gasteiger charge is 2.19. The first-order valence-corrected chi connectivity index (χ1v) is 22.8. The quantitative estimate of drug-likeness (QED) is 0.0268. The largest absolute Gasteiger partial charge is 0.462 e. The molecule has 310 valence electrons. The number of hydrogen-bond acceptors (Lipinski definition) is 6. The second-order valence-corrected chi connectivity index (χ2v) is 15.3. The van der Waals surface area contributed by atoms with E-state index in [0.717, 1.165) is 77.0 Å². The van der Waals surface area contributed by atoms with Crippen molar-refractivity contribution >= 4 is 17.9 Å². The molecule has 0 aromatic rings.